The predicted molar refractivity (Wildman–Crippen MR) is 108 cm³/mol. The van der Waals surface area contributed by atoms with Crippen LogP contribution in [0.5, 0.6) is 0 Å². The molecule has 1 saturated carbocycles. The van der Waals surface area contributed by atoms with E-state index in [0.717, 1.165) is 19.4 Å². The Morgan fingerprint density at radius 2 is 1.89 bits per heavy atom. The largest absolute Gasteiger partial charge is 0.379 e. The first-order valence-corrected chi connectivity index (χ1v) is 11.1. The number of fused-ring (bicyclic) bond motifs is 1. The van der Waals surface area contributed by atoms with Crippen LogP contribution in [-0.2, 0) is 14.8 Å². The van der Waals surface area contributed by atoms with Crippen molar-refractivity contribution in [2.24, 2.45) is 17.6 Å². The standard InChI is InChI=1S/C19H27N3O4S.ClH/c1-13-2-3-14(10-18(13)27(24,25)22-6-8-26-9-7-22)19(23)21-11-15-4-5-17(20)16(15)12-21;/h2-3,10,15-17H,4-9,11-12,20H2,1H3;1H. The highest BCUT2D eigenvalue weighted by molar-refractivity contribution is 7.89. The molecule has 3 atom stereocenters. The molecule has 3 aliphatic rings. The van der Waals surface area contributed by atoms with Gasteiger partial charge in [-0.05, 0) is 49.3 Å². The quantitative estimate of drug-likeness (QED) is 0.780. The van der Waals surface area contributed by atoms with Crippen molar-refractivity contribution in [3.05, 3.63) is 29.3 Å². The number of nitrogens with zero attached hydrogens (tertiary/aromatic N) is 2. The monoisotopic (exact) mass is 429 g/mol. The number of ether oxygens (including phenoxy) is 1. The summed E-state index contributed by atoms with van der Waals surface area (Å²) in [5.74, 6) is 0.747. The van der Waals surface area contributed by atoms with Crippen LogP contribution >= 0.6 is 12.4 Å². The Kier molecular flexibility index (Phi) is 6.36. The van der Waals surface area contributed by atoms with Crippen molar-refractivity contribution < 1.29 is 17.9 Å². The molecule has 1 aliphatic carbocycles. The van der Waals surface area contributed by atoms with E-state index in [0.29, 0.717) is 55.8 Å². The Morgan fingerprint density at radius 3 is 2.57 bits per heavy atom. The van der Waals surface area contributed by atoms with Gasteiger partial charge in [-0.25, -0.2) is 8.42 Å². The first-order chi connectivity index (χ1) is 12.9. The first kappa shape index (κ1) is 21.5. The highest BCUT2D eigenvalue weighted by Gasteiger charge is 2.42. The second kappa shape index (κ2) is 8.28. The number of carbonyl (C=O) groups is 1. The molecule has 4 rings (SSSR count). The Labute approximate surface area is 172 Å². The van der Waals surface area contributed by atoms with Crippen molar-refractivity contribution in [2.75, 3.05) is 39.4 Å². The molecule has 156 valence electrons. The minimum absolute atomic E-state index is 0. The van der Waals surface area contributed by atoms with Gasteiger partial charge >= 0.3 is 0 Å². The van der Waals surface area contributed by atoms with Gasteiger partial charge < -0.3 is 15.4 Å². The number of halogens is 1. The van der Waals surface area contributed by atoms with Crippen LogP contribution in [0.15, 0.2) is 23.1 Å². The van der Waals surface area contributed by atoms with Crippen molar-refractivity contribution in [1.82, 2.24) is 9.21 Å². The number of nitrogens with two attached hydrogens (primary N) is 1. The van der Waals surface area contributed by atoms with Gasteiger partial charge in [-0.2, -0.15) is 4.31 Å². The molecule has 3 unspecified atom stereocenters. The zero-order chi connectivity index (χ0) is 19.2. The van der Waals surface area contributed by atoms with Crippen molar-refractivity contribution in [3.8, 4) is 0 Å². The molecule has 0 bridgehead atoms. The molecule has 9 heteroatoms. The summed E-state index contributed by atoms with van der Waals surface area (Å²) in [7, 11) is -3.63. The van der Waals surface area contributed by atoms with Gasteiger partial charge in [-0.3, -0.25) is 4.79 Å². The molecular formula is C19H28ClN3O4S. The fourth-order valence-corrected chi connectivity index (χ4v) is 6.25. The lowest BCUT2D eigenvalue weighted by atomic mass is 9.98. The summed E-state index contributed by atoms with van der Waals surface area (Å²) < 4.78 is 32.8. The van der Waals surface area contributed by atoms with E-state index in [1.807, 2.05) is 4.90 Å². The van der Waals surface area contributed by atoms with Gasteiger partial charge in [0.2, 0.25) is 10.0 Å². The maximum absolute atomic E-state index is 13.0. The van der Waals surface area contributed by atoms with Gasteiger partial charge in [0.05, 0.1) is 18.1 Å². The van der Waals surface area contributed by atoms with Gasteiger partial charge in [0, 0.05) is 37.8 Å². The Bertz CT molecular complexity index is 842. The van der Waals surface area contributed by atoms with Gasteiger partial charge in [0.1, 0.15) is 0 Å². The molecule has 2 aliphatic heterocycles. The molecule has 7 nitrogen and oxygen atoms in total. The Hall–Kier alpha value is -1.19. The molecular weight excluding hydrogens is 402 g/mol. The van der Waals surface area contributed by atoms with E-state index in [9.17, 15) is 13.2 Å². The molecule has 0 spiro atoms. The number of hydrogen-bond acceptors (Lipinski definition) is 5. The molecule has 0 radical (unpaired) electrons. The number of aryl methyl sites for hydroxylation is 1. The molecule has 1 amide bonds. The number of amides is 1. The third kappa shape index (κ3) is 3.80. The van der Waals surface area contributed by atoms with Crippen LogP contribution in [0.3, 0.4) is 0 Å². The second-order valence-electron chi connectivity index (χ2n) is 7.87. The SMILES string of the molecule is Cc1ccc(C(=O)N2CC3CCC(N)C3C2)cc1S(=O)(=O)N1CCOCC1.Cl. The minimum atomic E-state index is -3.63. The first-order valence-electron chi connectivity index (χ1n) is 9.61. The average molecular weight is 430 g/mol. The summed E-state index contributed by atoms with van der Waals surface area (Å²) >= 11 is 0. The van der Waals surface area contributed by atoms with Crippen LogP contribution < -0.4 is 5.73 Å². The van der Waals surface area contributed by atoms with Crippen LogP contribution in [0.4, 0.5) is 0 Å². The zero-order valence-electron chi connectivity index (χ0n) is 16.0. The summed E-state index contributed by atoms with van der Waals surface area (Å²) in [6, 6.07) is 5.16. The van der Waals surface area contributed by atoms with Crippen LogP contribution in [0, 0.1) is 18.8 Å². The van der Waals surface area contributed by atoms with Crippen LogP contribution in [-0.4, -0.2) is 69.0 Å². The van der Waals surface area contributed by atoms with Crippen molar-refractivity contribution in [3.63, 3.8) is 0 Å². The highest BCUT2D eigenvalue weighted by Crippen LogP contribution is 2.37. The van der Waals surface area contributed by atoms with E-state index in [1.165, 1.54) is 10.4 Å². The van der Waals surface area contributed by atoms with Gasteiger partial charge in [0.25, 0.3) is 5.91 Å². The molecule has 2 N–H and O–H groups in total. The molecule has 1 aromatic rings. The van der Waals surface area contributed by atoms with E-state index in [2.05, 4.69) is 0 Å². The van der Waals surface area contributed by atoms with Crippen molar-refractivity contribution in [1.29, 1.82) is 0 Å². The Morgan fingerprint density at radius 1 is 1.18 bits per heavy atom. The number of rotatable bonds is 3. The zero-order valence-corrected chi connectivity index (χ0v) is 17.7. The van der Waals surface area contributed by atoms with Crippen LogP contribution in [0.25, 0.3) is 0 Å². The summed E-state index contributed by atoms with van der Waals surface area (Å²) in [6.45, 7) is 4.63. The number of likely N-dealkylation sites (tertiary alicyclic amines) is 1. The van der Waals surface area contributed by atoms with Crippen molar-refractivity contribution >= 4 is 28.3 Å². The topological polar surface area (TPSA) is 92.9 Å². The summed E-state index contributed by atoms with van der Waals surface area (Å²) in [5.41, 5.74) is 7.25. The number of benzene rings is 1. The molecule has 2 saturated heterocycles. The van der Waals surface area contributed by atoms with Crippen LogP contribution in [0.2, 0.25) is 0 Å². The number of morpholine rings is 1. The molecule has 28 heavy (non-hydrogen) atoms. The van der Waals surface area contributed by atoms with E-state index in [1.54, 1.807) is 19.1 Å². The molecule has 1 aromatic carbocycles. The highest BCUT2D eigenvalue weighted by atomic mass is 35.5. The number of sulfonamides is 1. The third-order valence-electron chi connectivity index (χ3n) is 6.22. The van der Waals surface area contributed by atoms with Gasteiger partial charge in [0.15, 0.2) is 0 Å². The number of hydrogen-bond donors (Lipinski definition) is 1. The minimum Gasteiger partial charge on any atom is -0.379 e. The van der Waals surface area contributed by atoms with E-state index in [-0.39, 0.29) is 29.3 Å². The van der Waals surface area contributed by atoms with E-state index in [4.69, 9.17) is 10.5 Å². The fourth-order valence-electron chi connectivity index (χ4n) is 4.59. The predicted octanol–water partition coefficient (Wildman–Crippen LogP) is 1.25. The summed E-state index contributed by atoms with van der Waals surface area (Å²) in [6.07, 6.45) is 2.10. The number of carbonyl (C=O) groups excluding carboxylic acids is 1. The lowest BCUT2D eigenvalue weighted by Gasteiger charge is -2.27. The van der Waals surface area contributed by atoms with Crippen LogP contribution in [0.1, 0.15) is 28.8 Å². The fraction of sp³-hybridized carbons (Fsp3) is 0.632. The maximum atomic E-state index is 13.0. The summed E-state index contributed by atoms with van der Waals surface area (Å²) in [5, 5.41) is 0. The Balaban J connectivity index is 0.00000225. The third-order valence-corrected chi connectivity index (χ3v) is 8.26. The molecule has 2 heterocycles. The summed E-state index contributed by atoms with van der Waals surface area (Å²) in [4.78, 5) is 15.1. The van der Waals surface area contributed by atoms with Gasteiger partial charge in [-0.15, -0.1) is 12.4 Å². The lowest BCUT2D eigenvalue weighted by Crippen LogP contribution is -2.41. The molecule has 0 aromatic heterocycles. The smallest absolute Gasteiger partial charge is 0.253 e. The van der Waals surface area contributed by atoms with E-state index >= 15 is 0 Å². The van der Waals surface area contributed by atoms with E-state index < -0.39 is 10.0 Å². The molecule has 3 fully saturated rings. The van der Waals surface area contributed by atoms with Gasteiger partial charge in [-0.1, -0.05) is 6.07 Å². The normalized spacial score (nSPS) is 28.1. The lowest BCUT2D eigenvalue weighted by molar-refractivity contribution is 0.0730. The van der Waals surface area contributed by atoms with Crippen molar-refractivity contribution in [2.45, 2.75) is 30.7 Å². The maximum Gasteiger partial charge on any atom is 0.253 e. The average Bonchev–Trinajstić information content (AvgIpc) is 3.24. The second-order valence-corrected chi connectivity index (χ2v) is 9.78.